The van der Waals surface area contributed by atoms with Gasteiger partial charge < -0.3 is 10.6 Å². The number of nitrogens with one attached hydrogen (secondary N) is 2. The predicted molar refractivity (Wildman–Crippen MR) is 69.7 cm³/mol. The van der Waals surface area contributed by atoms with E-state index in [0.29, 0.717) is 0 Å². The third-order valence-electron chi connectivity index (χ3n) is 3.47. The van der Waals surface area contributed by atoms with Gasteiger partial charge in [0.05, 0.1) is 0 Å². The Morgan fingerprint density at radius 1 is 1.12 bits per heavy atom. The van der Waals surface area contributed by atoms with Crippen LogP contribution in [0.25, 0.3) is 0 Å². The first kappa shape index (κ1) is 11.5. The molecule has 2 heteroatoms. The first-order valence-corrected chi connectivity index (χ1v) is 6.39. The van der Waals surface area contributed by atoms with Crippen molar-refractivity contribution in [2.75, 3.05) is 12.4 Å². The summed E-state index contributed by atoms with van der Waals surface area (Å²) in [4.78, 5) is 0. The maximum atomic E-state index is 3.67. The fourth-order valence-electron chi connectivity index (χ4n) is 2.48. The van der Waals surface area contributed by atoms with E-state index in [1.807, 2.05) is 7.05 Å². The molecule has 1 aromatic rings. The Morgan fingerprint density at radius 3 is 2.62 bits per heavy atom. The number of rotatable bonds is 4. The third kappa shape index (κ3) is 2.99. The van der Waals surface area contributed by atoms with E-state index in [0.717, 1.165) is 12.6 Å². The van der Waals surface area contributed by atoms with E-state index < -0.39 is 0 Å². The molecule has 88 valence electrons. The van der Waals surface area contributed by atoms with E-state index >= 15 is 0 Å². The lowest BCUT2D eigenvalue weighted by atomic mass is 9.95. The molecule has 0 bridgehead atoms. The zero-order chi connectivity index (χ0) is 11.2. The largest absolute Gasteiger partial charge is 0.388 e. The fourth-order valence-corrected chi connectivity index (χ4v) is 2.48. The van der Waals surface area contributed by atoms with Gasteiger partial charge in [-0.2, -0.15) is 0 Å². The third-order valence-corrected chi connectivity index (χ3v) is 3.47. The number of benzene rings is 1. The summed E-state index contributed by atoms with van der Waals surface area (Å²) in [6.07, 6.45) is 6.91. The molecule has 0 heterocycles. The molecule has 0 saturated heterocycles. The Hall–Kier alpha value is -1.02. The van der Waals surface area contributed by atoms with Gasteiger partial charge >= 0.3 is 0 Å². The molecule has 0 aliphatic heterocycles. The maximum absolute atomic E-state index is 3.67. The predicted octanol–water partition coefficient (Wildman–Crippen LogP) is 3.15. The molecule has 2 N–H and O–H groups in total. The van der Waals surface area contributed by atoms with Crippen molar-refractivity contribution in [2.45, 2.75) is 44.7 Å². The van der Waals surface area contributed by atoms with Crippen LogP contribution in [0.2, 0.25) is 0 Å². The molecular formula is C14H22N2. The number of anilines is 1. The molecule has 1 aliphatic rings. The molecule has 0 atom stereocenters. The van der Waals surface area contributed by atoms with E-state index in [-0.39, 0.29) is 0 Å². The zero-order valence-electron chi connectivity index (χ0n) is 10.1. The molecule has 2 nitrogen and oxygen atoms in total. The molecule has 0 radical (unpaired) electrons. The van der Waals surface area contributed by atoms with Crippen LogP contribution in [0, 0.1) is 0 Å². The second-order valence-corrected chi connectivity index (χ2v) is 4.62. The summed E-state index contributed by atoms with van der Waals surface area (Å²) in [6, 6.07) is 9.26. The highest BCUT2D eigenvalue weighted by atomic mass is 14.9. The summed E-state index contributed by atoms with van der Waals surface area (Å²) in [7, 11) is 1.99. The summed E-state index contributed by atoms with van der Waals surface area (Å²) >= 11 is 0. The Kier molecular flexibility index (Phi) is 4.23. The second kappa shape index (κ2) is 5.90. The van der Waals surface area contributed by atoms with Crippen molar-refractivity contribution in [1.29, 1.82) is 0 Å². The molecular weight excluding hydrogens is 196 g/mol. The van der Waals surface area contributed by atoms with Gasteiger partial charge in [-0.25, -0.2) is 0 Å². The minimum Gasteiger partial charge on any atom is -0.388 e. The topological polar surface area (TPSA) is 24.1 Å². The standard InChI is InChI=1S/C14H22N2/c1-15-14-10-6-5-7-12(14)11-16-13-8-3-2-4-9-13/h5-7,10,13,15-16H,2-4,8-9,11H2,1H3. The van der Waals surface area contributed by atoms with E-state index in [1.165, 1.54) is 43.4 Å². The first-order valence-electron chi connectivity index (χ1n) is 6.39. The fraction of sp³-hybridized carbons (Fsp3) is 0.571. The zero-order valence-corrected chi connectivity index (χ0v) is 10.1. The lowest BCUT2D eigenvalue weighted by Crippen LogP contribution is -2.30. The first-order chi connectivity index (χ1) is 7.90. The van der Waals surface area contributed by atoms with Crippen LogP contribution in [-0.4, -0.2) is 13.1 Å². The summed E-state index contributed by atoms with van der Waals surface area (Å²) < 4.78 is 0. The van der Waals surface area contributed by atoms with Crippen LogP contribution in [0.4, 0.5) is 5.69 Å². The molecule has 2 rings (SSSR count). The minimum absolute atomic E-state index is 0.735. The van der Waals surface area contributed by atoms with Gasteiger partial charge in [0.2, 0.25) is 0 Å². The second-order valence-electron chi connectivity index (χ2n) is 4.62. The molecule has 0 spiro atoms. The van der Waals surface area contributed by atoms with Crippen LogP contribution in [0.3, 0.4) is 0 Å². The van der Waals surface area contributed by atoms with Crippen LogP contribution >= 0.6 is 0 Å². The van der Waals surface area contributed by atoms with Crippen LogP contribution in [-0.2, 0) is 6.54 Å². The van der Waals surface area contributed by atoms with Gasteiger partial charge in [0.25, 0.3) is 0 Å². The van der Waals surface area contributed by atoms with Crippen molar-refractivity contribution < 1.29 is 0 Å². The molecule has 0 aromatic heterocycles. The molecule has 16 heavy (non-hydrogen) atoms. The summed E-state index contributed by atoms with van der Waals surface area (Å²) in [5.74, 6) is 0. The molecule has 1 aromatic carbocycles. The number of hydrogen-bond donors (Lipinski definition) is 2. The van der Waals surface area contributed by atoms with Gasteiger partial charge in [0.15, 0.2) is 0 Å². The maximum Gasteiger partial charge on any atom is 0.0383 e. The van der Waals surface area contributed by atoms with E-state index in [2.05, 4.69) is 34.9 Å². The van der Waals surface area contributed by atoms with Crippen molar-refractivity contribution in [1.82, 2.24) is 5.32 Å². The molecule has 1 fully saturated rings. The quantitative estimate of drug-likeness (QED) is 0.811. The van der Waals surface area contributed by atoms with Crippen molar-refractivity contribution in [3.63, 3.8) is 0 Å². The lowest BCUT2D eigenvalue weighted by molar-refractivity contribution is 0.372. The van der Waals surface area contributed by atoms with Gasteiger partial charge in [0.1, 0.15) is 0 Å². The van der Waals surface area contributed by atoms with Crippen molar-refractivity contribution >= 4 is 5.69 Å². The van der Waals surface area contributed by atoms with Gasteiger partial charge in [-0.3, -0.25) is 0 Å². The van der Waals surface area contributed by atoms with Gasteiger partial charge in [-0.05, 0) is 24.5 Å². The highest BCUT2D eigenvalue weighted by Crippen LogP contribution is 2.19. The minimum atomic E-state index is 0.735. The molecule has 0 unspecified atom stereocenters. The van der Waals surface area contributed by atoms with E-state index in [1.54, 1.807) is 0 Å². The van der Waals surface area contributed by atoms with Crippen molar-refractivity contribution in [3.05, 3.63) is 29.8 Å². The average Bonchev–Trinajstić information content (AvgIpc) is 2.38. The Balaban J connectivity index is 1.88. The smallest absolute Gasteiger partial charge is 0.0383 e. The molecule has 1 aliphatic carbocycles. The summed E-state index contributed by atoms with van der Waals surface area (Å²) in [5, 5.41) is 6.92. The lowest BCUT2D eigenvalue weighted by Gasteiger charge is -2.23. The van der Waals surface area contributed by atoms with Crippen molar-refractivity contribution in [3.8, 4) is 0 Å². The average molecular weight is 218 g/mol. The van der Waals surface area contributed by atoms with Crippen LogP contribution in [0.1, 0.15) is 37.7 Å². The van der Waals surface area contributed by atoms with Crippen LogP contribution in [0.15, 0.2) is 24.3 Å². The van der Waals surface area contributed by atoms with E-state index in [9.17, 15) is 0 Å². The summed E-state index contributed by atoms with van der Waals surface area (Å²) in [6.45, 7) is 0.988. The number of hydrogen-bond acceptors (Lipinski definition) is 2. The van der Waals surface area contributed by atoms with Gasteiger partial charge in [-0.1, -0.05) is 37.5 Å². The Bertz CT molecular complexity index is 316. The van der Waals surface area contributed by atoms with Crippen molar-refractivity contribution in [2.24, 2.45) is 0 Å². The monoisotopic (exact) mass is 218 g/mol. The highest BCUT2D eigenvalue weighted by molar-refractivity contribution is 5.50. The molecule has 1 saturated carbocycles. The highest BCUT2D eigenvalue weighted by Gasteiger charge is 2.12. The Morgan fingerprint density at radius 2 is 1.88 bits per heavy atom. The normalized spacial score (nSPS) is 17.3. The molecule has 0 amide bonds. The number of para-hydroxylation sites is 1. The van der Waals surface area contributed by atoms with Crippen LogP contribution < -0.4 is 10.6 Å². The summed E-state index contributed by atoms with van der Waals surface area (Å²) in [5.41, 5.74) is 2.61. The SMILES string of the molecule is CNc1ccccc1CNC1CCCCC1. The Labute approximate surface area is 98.4 Å². The van der Waals surface area contributed by atoms with Gasteiger partial charge in [0, 0.05) is 25.3 Å². The van der Waals surface area contributed by atoms with Gasteiger partial charge in [-0.15, -0.1) is 0 Å². The van der Waals surface area contributed by atoms with E-state index in [4.69, 9.17) is 0 Å². The van der Waals surface area contributed by atoms with Crippen LogP contribution in [0.5, 0.6) is 0 Å².